The molecule has 2 heterocycles. The summed E-state index contributed by atoms with van der Waals surface area (Å²) in [5, 5.41) is 0. The first-order valence-corrected chi connectivity index (χ1v) is 10.6. The van der Waals surface area contributed by atoms with Crippen molar-refractivity contribution < 1.29 is 14.3 Å². The summed E-state index contributed by atoms with van der Waals surface area (Å²) in [7, 11) is 0. The van der Waals surface area contributed by atoms with E-state index in [1.54, 1.807) is 0 Å². The number of rotatable bonds is 6. The number of hydrogen-bond acceptors (Lipinski definition) is 6. The van der Waals surface area contributed by atoms with Gasteiger partial charge in [-0.15, -0.1) is 0 Å². The lowest BCUT2D eigenvalue weighted by molar-refractivity contribution is -0.151. The summed E-state index contributed by atoms with van der Waals surface area (Å²) in [6.45, 7) is 9.50. The van der Waals surface area contributed by atoms with E-state index >= 15 is 0 Å². The maximum Gasteiger partial charge on any atom is 0.309 e. The van der Waals surface area contributed by atoms with E-state index in [2.05, 4.69) is 23.7 Å². The number of anilines is 1. The van der Waals surface area contributed by atoms with Gasteiger partial charge in [-0.1, -0.05) is 0 Å². The molecule has 1 aromatic rings. The molecule has 7 heteroatoms. The zero-order valence-corrected chi connectivity index (χ0v) is 17.3. The Labute approximate surface area is 167 Å². The number of piperidine rings is 1. The van der Waals surface area contributed by atoms with Gasteiger partial charge in [-0.25, -0.2) is 9.97 Å². The summed E-state index contributed by atoms with van der Waals surface area (Å²) in [6.07, 6.45) is 5.67. The second-order valence-corrected chi connectivity index (χ2v) is 7.61. The van der Waals surface area contributed by atoms with Gasteiger partial charge in [-0.05, 0) is 58.4 Å². The Morgan fingerprint density at radius 1 is 1.14 bits per heavy atom. The fourth-order valence-corrected chi connectivity index (χ4v) is 4.22. The molecular formula is C21H32N4O3. The normalized spacial score (nSPS) is 19.8. The number of carbonyl (C=O) groups is 2. The highest BCUT2D eigenvalue weighted by molar-refractivity contribution is 5.80. The van der Waals surface area contributed by atoms with E-state index in [9.17, 15) is 9.59 Å². The van der Waals surface area contributed by atoms with Crippen molar-refractivity contribution in [3.8, 4) is 0 Å². The lowest BCUT2D eigenvalue weighted by Crippen LogP contribution is -2.44. The van der Waals surface area contributed by atoms with Gasteiger partial charge >= 0.3 is 5.97 Å². The molecule has 0 radical (unpaired) electrons. The number of hydrogen-bond donors (Lipinski definition) is 0. The maximum absolute atomic E-state index is 13.0. The van der Waals surface area contributed by atoms with Crippen molar-refractivity contribution in [1.29, 1.82) is 0 Å². The Morgan fingerprint density at radius 2 is 1.86 bits per heavy atom. The van der Waals surface area contributed by atoms with Gasteiger partial charge in [0.15, 0.2) is 0 Å². The predicted octanol–water partition coefficient (Wildman–Crippen LogP) is 2.23. The number of nitrogens with zero attached hydrogens (tertiary/aromatic N) is 4. The average molecular weight is 389 g/mol. The van der Waals surface area contributed by atoms with E-state index in [1.807, 2.05) is 18.0 Å². The molecule has 0 aromatic carbocycles. The van der Waals surface area contributed by atoms with Crippen LogP contribution in [0.4, 0.5) is 5.95 Å². The molecule has 1 aromatic heterocycles. The molecule has 1 saturated heterocycles. The lowest BCUT2D eigenvalue weighted by atomic mass is 9.85. The number of carbonyl (C=O) groups excluding carboxylic acids is 2. The first-order valence-electron chi connectivity index (χ1n) is 10.6. The minimum Gasteiger partial charge on any atom is -0.466 e. The Balaban J connectivity index is 1.58. The number of aryl methyl sites for hydroxylation is 1. The highest BCUT2D eigenvalue weighted by atomic mass is 16.5. The summed E-state index contributed by atoms with van der Waals surface area (Å²) in [6, 6.07) is 0. The molecule has 0 unspecified atom stereocenters. The third kappa shape index (κ3) is 4.45. The summed E-state index contributed by atoms with van der Waals surface area (Å²) < 4.78 is 5.12. The van der Waals surface area contributed by atoms with Crippen molar-refractivity contribution in [1.82, 2.24) is 14.9 Å². The highest BCUT2D eigenvalue weighted by Gasteiger charge is 2.33. The van der Waals surface area contributed by atoms with Crippen LogP contribution in [0.25, 0.3) is 0 Å². The van der Waals surface area contributed by atoms with Crippen LogP contribution in [0.2, 0.25) is 0 Å². The Morgan fingerprint density at radius 3 is 2.50 bits per heavy atom. The van der Waals surface area contributed by atoms with Gasteiger partial charge in [0.2, 0.25) is 11.9 Å². The predicted molar refractivity (Wildman–Crippen MR) is 107 cm³/mol. The minimum absolute atomic E-state index is 0.00505. The number of fused-ring (bicyclic) bond motifs is 1. The largest absolute Gasteiger partial charge is 0.466 e. The second-order valence-electron chi connectivity index (χ2n) is 7.61. The molecule has 1 atom stereocenters. The van der Waals surface area contributed by atoms with Crippen LogP contribution in [0.3, 0.4) is 0 Å². The van der Waals surface area contributed by atoms with Gasteiger partial charge in [0.25, 0.3) is 0 Å². The van der Waals surface area contributed by atoms with Gasteiger partial charge in [-0.2, -0.15) is 0 Å². The van der Waals surface area contributed by atoms with Crippen molar-refractivity contribution in [3.05, 3.63) is 17.5 Å². The first-order chi connectivity index (χ1) is 13.6. The molecule has 1 aliphatic carbocycles. The van der Waals surface area contributed by atoms with Crippen LogP contribution in [-0.4, -0.2) is 59.5 Å². The molecule has 0 bridgehead atoms. The average Bonchev–Trinajstić information content (AvgIpc) is 2.74. The molecule has 28 heavy (non-hydrogen) atoms. The summed E-state index contributed by atoms with van der Waals surface area (Å²) in [5.74, 6) is 0.801. The smallest absolute Gasteiger partial charge is 0.309 e. The number of ether oxygens (including phenoxy) is 1. The van der Waals surface area contributed by atoms with Gasteiger partial charge in [0, 0.05) is 44.0 Å². The van der Waals surface area contributed by atoms with E-state index in [-0.39, 0.29) is 23.7 Å². The molecule has 0 N–H and O–H groups in total. The molecule has 3 rings (SSSR count). The van der Waals surface area contributed by atoms with Crippen LogP contribution in [-0.2, 0) is 27.2 Å². The van der Waals surface area contributed by atoms with Gasteiger partial charge in [-0.3, -0.25) is 9.59 Å². The standard InChI is InChI=1S/C21H32N4O3/c1-4-24(5-2)21-22-14-17-13-16(7-8-18(17)23-21)19(26)25-11-9-15(10-12-25)20(27)28-6-3/h14-16H,4-13H2,1-3H3/t16-/m1/s1. The Bertz CT molecular complexity index is 697. The van der Waals surface area contributed by atoms with Gasteiger partial charge < -0.3 is 14.5 Å². The van der Waals surface area contributed by atoms with E-state index in [1.165, 1.54) is 0 Å². The van der Waals surface area contributed by atoms with E-state index in [0.29, 0.717) is 39.0 Å². The van der Waals surface area contributed by atoms with Crippen LogP contribution >= 0.6 is 0 Å². The van der Waals surface area contributed by atoms with Crippen LogP contribution in [0, 0.1) is 11.8 Å². The van der Waals surface area contributed by atoms with Gasteiger partial charge in [0.1, 0.15) is 0 Å². The Hall–Kier alpha value is -2.18. The number of likely N-dealkylation sites (tertiary alicyclic amines) is 1. The van der Waals surface area contributed by atoms with Crippen molar-refractivity contribution in [2.24, 2.45) is 11.8 Å². The van der Waals surface area contributed by atoms with Crippen molar-refractivity contribution in [3.63, 3.8) is 0 Å². The molecule has 0 saturated carbocycles. The lowest BCUT2D eigenvalue weighted by Gasteiger charge is -2.34. The molecule has 1 amide bonds. The topological polar surface area (TPSA) is 75.6 Å². The third-order valence-corrected chi connectivity index (χ3v) is 5.96. The SMILES string of the molecule is CCOC(=O)C1CCN(C(=O)[C@@H]2CCc3nc(N(CC)CC)ncc3C2)CC1. The number of amides is 1. The van der Waals surface area contributed by atoms with Gasteiger partial charge in [0.05, 0.1) is 12.5 Å². The zero-order chi connectivity index (χ0) is 20.1. The number of esters is 1. The van der Waals surface area contributed by atoms with Crippen molar-refractivity contribution in [2.75, 3.05) is 37.7 Å². The van der Waals surface area contributed by atoms with E-state index in [0.717, 1.165) is 43.1 Å². The molecule has 0 spiro atoms. The second kappa shape index (κ2) is 9.34. The monoisotopic (exact) mass is 388 g/mol. The molecular weight excluding hydrogens is 356 g/mol. The van der Waals surface area contributed by atoms with Crippen LogP contribution in [0.1, 0.15) is 51.3 Å². The summed E-state index contributed by atoms with van der Waals surface area (Å²) in [4.78, 5) is 38.2. The third-order valence-electron chi connectivity index (χ3n) is 5.96. The molecule has 7 nitrogen and oxygen atoms in total. The summed E-state index contributed by atoms with van der Waals surface area (Å²) >= 11 is 0. The fourth-order valence-electron chi connectivity index (χ4n) is 4.22. The van der Waals surface area contributed by atoms with Crippen LogP contribution in [0.5, 0.6) is 0 Å². The Kier molecular flexibility index (Phi) is 6.86. The van der Waals surface area contributed by atoms with Crippen LogP contribution < -0.4 is 4.90 Å². The quantitative estimate of drug-likeness (QED) is 0.696. The van der Waals surface area contributed by atoms with E-state index < -0.39 is 0 Å². The van der Waals surface area contributed by atoms with Crippen LogP contribution in [0.15, 0.2) is 6.20 Å². The number of aromatic nitrogens is 2. The summed E-state index contributed by atoms with van der Waals surface area (Å²) in [5.41, 5.74) is 2.18. The van der Waals surface area contributed by atoms with Crippen molar-refractivity contribution in [2.45, 2.75) is 52.9 Å². The zero-order valence-electron chi connectivity index (χ0n) is 17.3. The maximum atomic E-state index is 13.0. The molecule has 2 aliphatic rings. The molecule has 1 fully saturated rings. The molecule has 154 valence electrons. The van der Waals surface area contributed by atoms with Crippen molar-refractivity contribution >= 4 is 17.8 Å². The first kappa shape index (κ1) is 20.6. The molecule has 1 aliphatic heterocycles. The fraction of sp³-hybridized carbons (Fsp3) is 0.714. The van der Waals surface area contributed by atoms with E-state index in [4.69, 9.17) is 9.72 Å². The minimum atomic E-state index is -0.123. The highest BCUT2D eigenvalue weighted by Crippen LogP contribution is 2.28.